The molecule has 1 aromatic carbocycles. The largest absolute Gasteiger partial charge is 0.361 e. The minimum Gasteiger partial charge on any atom is -0.361 e. The summed E-state index contributed by atoms with van der Waals surface area (Å²) in [6, 6.07) is 6.42. The smallest absolute Gasteiger partial charge is 0.250 e. The van der Waals surface area contributed by atoms with Crippen molar-refractivity contribution in [3.05, 3.63) is 30.0 Å². The number of nitrogens with zero attached hydrogens (tertiary/aromatic N) is 1. The van der Waals surface area contributed by atoms with E-state index in [9.17, 15) is 8.78 Å². The molecule has 1 fully saturated rings. The average Bonchev–Trinajstić information content (AvgIpc) is 2.88. The van der Waals surface area contributed by atoms with Gasteiger partial charge in [-0.15, -0.1) is 11.8 Å². The van der Waals surface area contributed by atoms with Crippen molar-refractivity contribution in [2.45, 2.75) is 30.1 Å². The van der Waals surface area contributed by atoms with Gasteiger partial charge in [-0.05, 0) is 36.4 Å². The van der Waals surface area contributed by atoms with E-state index in [2.05, 4.69) is 34.3 Å². The van der Waals surface area contributed by atoms with Crippen molar-refractivity contribution in [3.63, 3.8) is 0 Å². The van der Waals surface area contributed by atoms with E-state index < -0.39 is 5.92 Å². The summed E-state index contributed by atoms with van der Waals surface area (Å²) in [5, 5.41) is 1.25. The molecule has 1 saturated heterocycles. The zero-order valence-corrected chi connectivity index (χ0v) is 13.0. The summed E-state index contributed by atoms with van der Waals surface area (Å²) >= 11 is 1.73. The fourth-order valence-electron chi connectivity index (χ4n) is 2.87. The van der Waals surface area contributed by atoms with Gasteiger partial charge < -0.3 is 9.88 Å². The van der Waals surface area contributed by atoms with Gasteiger partial charge in [0.05, 0.1) is 0 Å². The van der Waals surface area contributed by atoms with Crippen molar-refractivity contribution in [1.29, 1.82) is 0 Å². The van der Waals surface area contributed by atoms with E-state index in [0.717, 1.165) is 18.5 Å². The van der Waals surface area contributed by atoms with Gasteiger partial charge in [0.15, 0.2) is 0 Å². The highest BCUT2D eigenvalue weighted by atomic mass is 32.2. The van der Waals surface area contributed by atoms with Crippen molar-refractivity contribution >= 4 is 22.7 Å². The third kappa shape index (κ3) is 3.40. The lowest BCUT2D eigenvalue weighted by Crippen LogP contribution is -2.40. The van der Waals surface area contributed by atoms with Crippen LogP contribution in [0.1, 0.15) is 18.4 Å². The van der Waals surface area contributed by atoms with Gasteiger partial charge in [0.2, 0.25) is 0 Å². The molecule has 1 aromatic heterocycles. The van der Waals surface area contributed by atoms with Gasteiger partial charge in [-0.2, -0.15) is 0 Å². The fourth-order valence-corrected chi connectivity index (χ4v) is 3.31. The van der Waals surface area contributed by atoms with Crippen LogP contribution in [0.4, 0.5) is 8.78 Å². The molecule has 2 heterocycles. The van der Waals surface area contributed by atoms with Crippen molar-refractivity contribution < 1.29 is 8.78 Å². The number of aromatic nitrogens is 1. The quantitative estimate of drug-likeness (QED) is 0.855. The molecule has 0 saturated carbocycles. The molecule has 1 aliphatic rings. The van der Waals surface area contributed by atoms with E-state index >= 15 is 0 Å². The predicted octanol–water partition coefficient (Wildman–Crippen LogP) is 4.16. The van der Waals surface area contributed by atoms with Crippen molar-refractivity contribution in [1.82, 2.24) is 9.88 Å². The maximum absolute atomic E-state index is 13.1. The molecule has 0 radical (unpaired) electrons. The molecule has 0 spiro atoms. The molecule has 114 valence electrons. The molecule has 2 aromatic rings. The predicted molar refractivity (Wildman–Crippen MR) is 84.4 cm³/mol. The lowest BCUT2D eigenvalue weighted by Gasteiger charge is -2.31. The number of thioether (sulfide) groups is 1. The number of piperidine rings is 1. The first-order valence-electron chi connectivity index (χ1n) is 7.32. The number of benzene rings is 1. The monoisotopic (exact) mass is 310 g/mol. The van der Waals surface area contributed by atoms with Crippen molar-refractivity contribution in [3.8, 4) is 0 Å². The molecule has 2 nitrogen and oxygen atoms in total. The lowest BCUT2D eigenvalue weighted by molar-refractivity contribution is -0.0547. The van der Waals surface area contributed by atoms with Crippen LogP contribution in [-0.4, -0.2) is 41.7 Å². The maximum Gasteiger partial charge on any atom is 0.250 e. The Morgan fingerprint density at radius 3 is 2.76 bits per heavy atom. The highest BCUT2D eigenvalue weighted by molar-refractivity contribution is 7.98. The van der Waals surface area contributed by atoms with E-state index in [1.54, 1.807) is 11.8 Å². The third-order valence-electron chi connectivity index (χ3n) is 4.26. The number of H-pyrrole nitrogens is 1. The van der Waals surface area contributed by atoms with Crippen LogP contribution in [0.5, 0.6) is 0 Å². The molecule has 0 amide bonds. The van der Waals surface area contributed by atoms with Crippen molar-refractivity contribution in [2.24, 2.45) is 0 Å². The molecular weight excluding hydrogens is 290 g/mol. The van der Waals surface area contributed by atoms with Crippen LogP contribution in [0.15, 0.2) is 29.3 Å². The number of hydrogen-bond donors (Lipinski definition) is 1. The van der Waals surface area contributed by atoms with Crippen LogP contribution in [0, 0.1) is 0 Å². The number of hydrogen-bond acceptors (Lipinski definition) is 2. The molecule has 0 atom stereocenters. The molecule has 1 N–H and O–H groups in total. The second-order valence-electron chi connectivity index (χ2n) is 5.67. The Bertz CT molecular complexity index is 614. The first kappa shape index (κ1) is 14.9. The van der Waals surface area contributed by atoms with E-state index in [0.29, 0.717) is 13.1 Å². The summed E-state index contributed by atoms with van der Waals surface area (Å²) in [7, 11) is 0. The number of likely N-dealkylation sites (tertiary alicyclic amines) is 1. The number of fused-ring (bicyclic) bond motifs is 1. The molecule has 0 aliphatic carbocycles. The molecule has 3 rings (SSSR count). The summed E-state index contributed by atoms with van der Waals surface area (Å²) in [5.74, 6) is -2.45. The summed E-state index contributed by atoms with van der Waals surface area (Å²) in [6.45, 7) is 1.86. The van der Waals surface area contributed by atoms with E-state index in [1.807, 2.05) is 6.20 Å². The van der Waals surface area contributed by atoms with Gasteiger partial charge in [-0.1, -0.05) is 0 Å². The van der Waals surface area contributed by atoms with E-state index in [4.69, 9.17) is 0 Å². The number of aromatic amines is 1. The standard InChI is InChI=1S/C16H20F2N2S/c1-21-13-2-3-15-14(10-13)12(11-19-15)4-7-20-8-5-16(17,18)6-9-20/h2-3,10-11,19H,4-9H2,1H3. The van der Waals surface area contributed by atoms with Crippen molar-refractivity contribution in [2.75, 3.05) is 25.9 Å². The van der Waals surface area contributed by atoms with E-state index in [1.165, 1.54) is 15.8 Å². The second kappa shape index (κ2) is 5.97. The molecule has 0 unspecified atom stereocenters. The average molecular weight is 310 g/mol. The molecule has 21 heavy (non-hydrogen) atoms. The van der Waals surface area contributed by atoms with Crippen LogP contribution in [0.3, 0.4) is 0 Å². The Morgan fingerprint density at radius 1 is 1.29 bits per heavy atom. The highest BCUT2D eigenvalue weighted by Gasteiger charge is 2.33. The van der Waals surface area contributed by atoms with Gasteiger partial charge in [-0.3, -0.25) is 0 Å². The minimum atomic E-state index is -2.45. The second-order valence-corrected chi connectivity index (χ2v) is 6.55. The number of halogens is 2. The Kier molecular flexibility index (Phi) is 4.22. The Balaban J connectivity index is 1.65. The van der Waals surface area contributed by atoms with Gasteiger partial charge in [-0.25, -0.2) is 8.78 Å². The van der Waals surface area contributed by atoms with Crippen LogP contribution in [0.25, 0.3) is 10.9 Å². The first-order valence-corrected chi connectivity index (χ1v) is 8.54. The number of rotatable bonds is 4. The zero-order valence-electron chi connectivity index (χ0n) is 12.2. The highest BCUT2D eigenvalue weighted by Crippen LogP contribution is 2.28. The van der Waals surface area contributed by atoms with Gasteiger partial charge >= 0.3 is 0 Å². The maximum atomic E-state index is 13.1. The lowest BCUT2D eigenvalue weighted by atomic mass is 10.1. The van der Waals surface area contributed by atoms with E-state index in [-0.39, 0.29) is 12.8 Å². The topological polar surface area (TPSA) is 19.0 Å². The summed E-state index contributed by atoms with van der Waals surface area (Å²) in [5.41, 5.74) is 2.42. The normalized spacial score (nSPS) is 19.2. The van der Waals surface area contributed by atoms with Crippen LogP contribution >= 0.6 is 11.8 Å². The molecule has 0 bridgehead atoms. The molecular formula is C16H20F2N2S. The Hall–Kier alpha value is -1.07. The number of alkyl halides is 2. The first-order chi connectivity index (χ1) is 10.1. The fraction of sp³-hybridized carbons (Fsp3) is 0.500. The molecule has 5 heteroatoms. The zero-order chi connectivity index (χ0) is 14.9. The summed E-state index contributed by atoms with van der Waals surface area (Å²) in [4.78, 5) is 6.69. The van der Waals surface area contributed by atoms with Crippen LogP contribution < -0.4 is 0 Å². The SMILES string of the molecule is CSc1ccc2[nH]cc(CCN3CCC(F)(F)CC3)c2c1. The molecule has 1 aliphatic heterocycles. The van der Waals surface area contributed by atoms with Gasteiger partial charge in [0, 0.05) is 54.5 Å². The van der Waals surface area contributed by atoms with Crippen LogP contribution in [0.2, 0.25) is 0 Å². The van der Waals surface area contributed by atoms with Gasteiger partial charge in [0.25, 0.3) is 5.92 Å². The van der Waals surface area contributed by atoms with Crippen LogP contribution in [-0.2, 0) is 6.42 Å². The Labute approximate surface area is 127 Å². The third-order valence-corrected chi connectivity index (χ3v) is 4.98. The summed E-state index contributed by atoms with van der Waals surface area (Å²) < 4.78 is 26.3. The minimum absolute atomic E-state index is 0.00247. The summed E-state index contributed by atoms with van der Waals surface area (Å²) in [6.07, 6.45) is 5.02. The van der Waals surface area contributed by atoms with Gasteiger partial charge in [0.1, 0.15) is 0 Å². The number of nitrogens with one attached hydrogen (secondary N) is 1. The Morgan fingerprint density at radius 2 is 2.05 bits per heavy atom.